The number of amides is 1. The summed E-state index contributed by atoms with van der Waals surface area (Å²) in [6.45, 7) is 5.18. The van der Waals surface area contributed by atoms with Crippen LogP contribution in [-0.4, -0.2) is 34.4 Å². The van der Waals surface area contributed by atoms with E-state index in [1.807, 2.05) is 6.92 Å². The van der Waals surface area contributed by atoms with Crippen LogP contribution in [-0.2, 0) is 0 Å². The number of halogens is 1. The molecule has 1 aromatic heterocycles. The molecule has 0 atom stereocenters. The van der Waals surface area contributed by atoms with E-state index in [1.165, 1.54) is 0 Å². The van der Waals surface area contributed by atoms with E-state index in [9.17, 15) is 4.79 Å². The van der Waals surface area contributed by atoms with E-state index in [4.69, 9.17) is 4.52 Å². The van der Waals surface area contributed by atoms with Gasteiger partial charge in [-0.1, -0.05) is 21.1 Å². The Bertz CT molecular complexity index is 325. The molecule has 0 aliphatic carbocycles. The molecule has 0 aliphatic rings. The molecule has 0 radical (unpaired) electrons. The average Bonchev–Trinajstić information content (AvgIpc) is 2.65. The fraction of sp³-hybridized carbons (Fsp3) is 0.600. The summed E-state index contributed by atoms with van der Waals surface area (Å²) in [5.41, 5.74) is 0.731. The zero-order valence-corrected chi connectivity index (χ0v) is 10.6. The first kappa shape index (κ1) is 12.2. The van der Waals surface area contributed by atoms with Crippen LogP contribution in [0.3, 0.4) is 0 Å². The maximum absolute atomic E-state index is 11.9. The maximum atomic E-state index is 11.9. The predicted molar refractivity (Wildman–Crippen MR) is 61.2 cm³/mol. The third kappa shape index (κ3) is 3.34. The highest BCUT2D eigenvalue weighted by atomic mass is 79.9. The Hall–Kier alpha value is -0.840. The summed E-state index contributed by atoms with van der Waals surface area (Å²) in [4.78, 5) is 13.6. The van der Waals surface area contributed by atoms with E-state index >= 15 is 0 Å². The van der Waals surface area contributed by atoms with E-state index < -0.39 is 0 Å². The zero-order valence-electron chi connectivity index (χ0n) is 8.99. The lowest BCUT2D eigenvalue weighted by atomic mass is 10.3. The molecule has 84 valence electrons. The van der Waals surface area contributed by atoms with Crippen LogP contribution in [0.15, 0.2) is 10.6 Å². The van der Waals surface area contributed by atoms with Gasteiger partial charge in [0.15, 0.2) is 0 Å². The van der Waals surface area contributed by atoms with Gasteiger partial charge in [-0.2, -0.15) is 0 Å². The first-order valence-corrected chi connectivity index (χ1v) is 6.09. The molecule has 0 unspecified atom stereocenters. The van der Waals surface area contributed by atoms with Crippen molar-refractivity contribution < 1.29 is 9.32 Å². The molecule has 0 aromatic carbocycles. The van der Waals surface area contributed by atoms with Crippen LogP contribution < -0.4 is 0 Å². The molecule has 0 N–H and O–H groups in total. The molecule has 0 spiro atoms. The fourth-order valence-electron chi connectivity index (χ4n) is 1.27. The molecule has 1 aromatic rings. The van der Waals surface area contributed by atoms with Gasteiger partial charge in [-0.3, -0.25) is 4.79 Å². The molecule has 4 nitrogen and oxygen atoms in total. The molecule has 0 bridgehead atoms. The van der Waals surface area contributed by atoms with Gasteiger partial charge in [0.2, 0.25) is 5.76 Å². The minimum atomic E-state index is -0.0842. The summed E-state index contributed by atoms with van der Waals surface area (Å²) in [5, 5.41) is 4.60. The van der Waals surface area contributed by atoms with E-state index in [-0.39, 0.29) is 5.91 Å². The Morgan fingerprint density at radius 1 is 1.67 bits per heavy atom. The Balaban J connectivity index is 2.64. The Morgan fingerprint density at radius 2 is 2.40 bits per heavy atom. The number of aryl methyl sites for hydroxylation is 1. The first-order chi connectivity index (χ1) is 7.19. The van der Waals surface area contributed by atoms with Crippen LogP contribution in [0.2, 0.25) is 0 Å². The topological polar surface area (TPSA) is 46.3 Å². The van der Waals surface area contributed by atoms with Crippen molar-refractivity contribution in [2.24, 2.45) is 0 Å². The number of nitrogens with zero attached hydrogens (tertiary/aromatic N) is 2. The summed E-state index contributed by atoms with van der Waals surface area (Å²) in [7, 11) is 0. The SMILES string of the molecule is CCN(CCCBr)C(=O)c1cc(C)no1. The predicted octanol–water partition coefficient (Wildman–Crippen LogP) is 2.23. The van der Waals surface area contributed by atoms with E-state index in [0.29, 0.717) is 12.3 Å². The first-order valence-electron chi connectivity index (χ1n) is 4.97. The Kier molecular flexibility index (Phi) is 4.81. The van der Waals surface area contributed by atoms with E-state index in [1.54, 1.807) is 17.9 Å². The standard InChI is InChI=1S/C10H15BrN2O2/c1-3-13(6-4-5-11)10(14)9-7-8(2)12-15-9/h7H,3-6H2,1-2H3. The smallest absolute Gasteiger partial charge is 0.292 e. The molecule has 0 aliphatic heterocycles. The molecular formula is C10H15BrN2O2. The second-order valence-electron chi connectivity index (χ2n) is 3.26. The van der Waals surface area contributed by atoms with Gasteiger partial charge in [0, 0.05) is 24.5 Å². The number of alkyl halides is 1. The number of aromatic nitrogens is 1. The van der Waals surface area contributed by atoms with Crippen LogP contribution in [0, 0.1) is 6.92 Å². The van der Waals surface area contributed by atoms with Crippen LogP contribution in [0.1, 0.15) is 29.6 Å². The normalized spacial score (nSPS) is 10.3. The summed E-state index contributed by atoms with van der Waals surface area (Å²) < 4.78 is 4.94. The molecule has 5 heteroatoms. The quantitative estimate of drug-likeness (QED) is 0.774. The molecule has 15 heavy (non-hydrogen) atoms. The van der Waals surface area contributed by atoms with Gasteiger partial charge in [0.25, 0.3) is 5.91 Å². The highest BCUT2D eigenvalue weighted by molar-refractivity contribution is 9.09. The third-order valence-corrected chi connectivity index (χ3v) is 2.63. The second kappa shape index (κ2) is 5.90. The van der Waals surface area contributed by atoms with E-state index in [2.05, 4.69) is 21.1 Å². The van der Waals surface area contributed by atoms with Crippen LogP contribution in [0.4, 0.5) is 0 Å². The van der Waals surface area contributed by atoms with Crippen LogP contribution in [0.5, 0.6) is 0 Å². The largest absolute Gasteiger partial charge is 0.351 e. The summed E-state index contributed by atoms with van der Waals surface area (Å²) in [5.74, 6) is 0.239. The fourth-order valence-corrected chi connectivity index (χ4v) is 1.52. The highest BCUT2D eigenvalue weighted by Crippen LogP contribution is 2.07. The Labute approximate surface area is 97.7 Å². The van der Waals surface area contributed by atoms with Gasteiger partial charge in [-0.25, -0.2) is 0 Å². The van der Waals surface area contributed by atoms with Crippen LogP contribution >= 0.6 is 15.9 Å². The monoisotopic (exact) mass is 274 g/mol. The number of hydrogen-bond acceptors (Lipinski definition) is 3. The summed E-state index contributed by atoms with van der Waals surface area (Å²) in [6, 6.07) is 1.67. The molecule has 1 amide bonds. The van der Waals surface area contributed by atoms with Gasteiger partial charge >= 0.3 is 0 Å². The second-order valence-corrected chi connectivity index (χ2v) is 4.05. The van der Waals surface area contributed by atoms with Gasteiger partial charge in [-0.05, 0) is 20.3 Å². The average molecular weight is 275 g/mol. The molecule has 0 saturated heterocycles. The minimum Gasteiger partial charge on any atom is -0.351 e. The molecule has 0 saturated carbocycles. The lowest BCUT2D eigenvalue weighted by Gasteiger charge is -2.18. The maximum Gasteiger partial charge on any atom is 0.292 e. The van der Waals surface area contributed by atoms with Crippen molar-refractivity contribution in [3.05, 3.63) is 17.5 Å². The number of carbonyl (C=O) groups is 1. The lowest BCUT2D eigenvalue weighted by molar-refractivity contribution is 0.0723. The van der Waals surface area contributed by atoms with Crippen LogP contribution in [0.25, 0.3) is 0 Å². The van der Waals surface area contributed by atoms with Crippen molar-refractivity contribution in [3.8, 4) is 0 Å². The van der Waals surface area contributed by atoms with Crippen molar-refractivity contribution in [2.75, 3.05) is 18.4 Å². The highest BCUT2D eigenvalue weighted by Gasteiger charge is 2.17. The van der Waals surface area contributed by atoms with Gasteiger partial charge < -0.3 is 9.42 Å². The third-order valence-electron chi connectivity index (χ3n) is 2.07. The van der Waals surface area contributed by atoms with Gasteiger partial charge in [0.05, 0.1) is 5.69 Å². The van der Waals surface area contributed by atoms with Crippen molar-refractivity contribution in [3.63, 3.8) is 0 Å². The molecule has 1 rings (SSSR count). The summed E-state index contributed by atoms with van der Waals surface area (Å²) in [6.07, 6.45) is 0.937. The zero-order chi connectivity index (χ0) is 11.3. The molecule has 0 fully saturated rings. The van der Waals surface area contributed by atoms with Gasteiger partial charge in [0.1, 0.15) is 0 Å². The number of hydrogen-bond donors (Lipinski definition) is 0. The van der Waals surface area contributed by atoms with E-state index in [0.717, 1.165) is 24.0 Å². The van der Waals surface area contributed by atoms with Gasteiger partial charge in [-0.15, -0.1) is 0 Å². The Morgan fingerprint density at radius 3 is 2.87 bits per heavy atom. The lowest BCUT2D eigenvalue weighted by Crippen LogP contribution is -2.31. The van der Waals surface area contributed by atoms with Crippen molar-refractivity contribution >= 4 is 21.8 Å². The molecular weight excluding hydrogens is 260 g/mol. The molecule has 1 heterocycles. The summed E-state index contributed by atoms with van der Waals surface area (Å²) >= 11 is 3.34. The van der Waals surface area contributed by atoms with Crippen molar-refractivity contribution in [1.29, 1.82) is 0 Å². The number of carbonyl (C=O) groups excluding carboxylic acids is 1. The van der Waals surface area contributed by atoms with Crippen molar-refractivity contribution in [1.82, 2.24) is 10.1 Å². The number of rotatable bonds is 5. The minimum absolute atomic E-state index is 0.0842. The van der Waals surface area contributed by atoms with Crippen molar-refractivity contribution in [2.45, 2.75) is 20.3 Å².